The van der Waals surface area contributed by atoms with Crippen LogP contribution in [0.3, 0.4) is 0 Å². The number of carbonyl (C=O) groups is 1. The van der Waals surface area contributed by atoms with E-state index in [9.17, 15) is 4.79 Å². The van der Waals surface area contributed by atoms with Crippen molar-refractivity contribution in [1.82, 2.24) is 0 Å². The first-order valence-corrected chi connectivity index (χ1v) is 4.80. The van der Waals surface area contributed by atoms with E-state index in [0.29, 0.717) is 5.88 Å². The van der Waals surface area contributed by atoms with Crippen molar-refractivity contribution >= 4 is 17.5 Å². The maximum atomic E-state index is 10.7. The Hall–Kier alpha value is -2.23. The third-order valence-electron chi connectivity index (χ3n) is 2.28. The van der Waals surface area contributed by atoms with Crippen molar-refractivity contribution in [2.75, 3.05) is 11.9 Å². The molecule has 4 heteroatoms. The van der Waals surface area contributed by atoms with Crippen molar-refractivity contribution < 1.29 is 14.3 Å². The summed E-state index contributed by atoms with van der Waals surface area (Å²) in [6.45, 7) is 0. The number of carboxylic acids is 1. The molecule has 0 radical (unpaired) electrons. The maximum absolute atomic E-state index is 10.7. The maximum Gasteiger partial charge on any atom is 0.371 e. The average Bonchev–Trinajstić information content (AvgIpc) is 2.78. The highest BCUT2D eigenvalue weighted by Gasteiger charge is 2.12. The van der Waals surface area contributed by atoms with Gasteiger partial charge in [-0.25, -0.2) is 4.79 Å². The lowest BCUT2D eigenvalue weighted by molar-refractivity contribution is 0.0663. The molecule has 1 aromatic heterocycles. The van der Waals surface area contributed by atoms with Gasteiger partial charge in [-0.2, -0.15) is 0 Å². The van der Waals surface area contributed by atoms with E-state index in [-0.39, 0.29) is 5.76 Å². The predicted octanol–water partition coefficient (Wildman–Crippen LogP) is 2.75. The molecule has 0 fully saturated rings. The van der Waals surface area contributed by atoms with E-state index in [2.05, 4.69) is 0 Å². The molecule has 0 aliphatic rings. The summed E-state index contributed by atoms with van der Waals surface area (Å²) < 4.78 is 5.19. The van der Waals surface area contributed by atoms with Gasteiger partial charge in [-0.15, -0.1) is 0 Å². The Morgan fingerprint density at radius 3 is 2.44 bits per heavy atom. The molecule has 0 saturated carbocycles. The van der Waals surface area contributed by atoms with Crippen molar-refractivity contribution in [1.29, 1.82) is 0 Å². The zero-order valence-corrected chi connectivity index (χ0v) is 8.75. The Kier molecular flexibility index (Phi) is 2.64. The quantitative estimate of drug-likeness (QED) is 0.858. The molecule has 2 rings (SSSR count). The summed E-state index contributed by atoms with van der Waals surface area (Å²) in [5.41, 5.74) is 0.939. The predicted molar refractivity (Wildman–Crippen MR) is 60.2 cm³/mol. The van der Waals surface area contributed by atoms with Crippen LogP contribution in [-0.4, -0.2) is 18.1 Å². The van der Waals surface area contributed by atoms with Gasteiger partial charge in [-0.3, -0.25) is 0 Å². The van der Waals surface area contributed by atoms with Gasteiger partial charge in [-0.1, -0.05) is 18.2 Å². The monoisotopic (exact) mass is 217 g/mol. The van der Waals surface area contributed by atoms with E-state index in [0.717, 1.165) is 5.69 Å². The fraction of sp³-hybridized carbons (Fsp3) is 0.0833. The smallest absolute Gasteiger partial charge is 0.371 e. The van der Waals surface area contributed by atoms with Crippen molar-refractivity contribution in [3.05, 3.63) is 48.2 Å². The number of furan rings is 1. The van der Waals surface area contributed by atoms with Crippen molar-refractivity contribution in [3.8, 4) is 0 Å². The molecule has 2 aromatic rings. The molecule has 0 spiro atoms. The summed E-state index contributed by atoms with van der Waals surface area (Å²) in [7, 11) is 1.82. The summed E-state index contributed by atoms with van der Waals surface area (Å²) in [5.74, 6) is -0.617. The second-order valence-corrected chi connectivity index (χ2v) is 3.34. The summed E-state index contributed by atoms with van der Waals surface area (Å²) in [6, 6.07) is 12.7. The van der Waals surface area contributed by atoms with Crippen molar-refractivity contribution in [2.45, 2.75) is 0 Å². The standard InChI is InChI=1S/C12H11NO3/c1-13(9-5-3-2-4-6-9)11-8-7-10(16-11)12(14)15/h2-8H,1H3,(H,14,15). The first kappa shape index (κ1) is 10.3. The summed E-state index contributed by atoms with van der Waals surface area (Å²) in [4.78, 5) is 12.4. The fourth-order valence-electron chi connectivity index (χ4n) is 1.40. The van der Waals surface area contributed by atoms with Crippen LogP contribution in [0.4, 0.5) is 11.6 Å². The number of para-hydroxylation sites is 1. The molecule has 4 nitrogen and oxygen atoms in total. The van der Waals surface area contributed by atoms with Crippen molar-refractivity contribution in [2.24, 2.45) is 0 Å². The molecule has 1 N–H and O–H groups in total. The number of rotatable bonds is 3. The Balaban J connectivity index is 2.27. The number of nitrogens with zero attached hydrogens (tertiary/aromatic N) is 1. The lowest BCUT2D eigenvalue weighted by atomic mass is 10.3. The molecular weight excluding hydrogens is 206 g/mol. The van der Waals surface area contributed by atoms with Gasteiger partial charge >= 0.3 is 5.97 Å². The van der Waals surface area contributed by atoms with E-state index in [1.807, 2.05) is 37.4 Å². The molecule has 0 atom stereocenters. The minimum atomic E-state index is -1.06. The van der Waals surface area contributed by atoms with E-state index in [4.69, 9.17) is 9.52 Å². The summed E-state index contributed by atoms with van der Waals surface area (Å²) in [5, 5.41) is 8.74. The second-order valence-electron chi connectivity index (χ2n) is 3.34. The van der Waals surface area contributed by atoms with Crippen LogP contribution in [0.1, 0.15) is 10.6 Å². The molecule has 1 heterocycles. The van der Waals surface area contributed by atoms with Gasteiger partial charge in [0.15, 0.2) is 0 Å². The van der Waals surface area contributed by atoms with Gasteiger partial charge in [0.1, 0.15) is 0 Å². The van der Waals surface area contributed by atoms with Gasteiger partial charge < -0.3 is 14.4 Å². The Morgan fingerprint density at radius 1 is 1.19 bits per heavy atom. The first-order chi connectivity index (χ1) is 7.68. The topological polar surface area (TPSA) is 53.7 Å². The minimum absolute atomic E-state index is 0.0576. The van der Waals surface area contributed by atoms with Crippen LogP contribution in [0.25, 0.3) is 0 Å². The molecule has 16 heavy (non-hydrogen) atoms. The molecular formula is C12H11NO3. The molecule has 82 valence electrons. The zero-order valence-electron chi connectivity index (χ0n) is 8.75. The lowest BCUT2D eigenvalue weighted by Crippen LogP contribution is -2.07. The van der Waals surface area contributed by atoms with E-state index in [1.54, 1.807) is 11.0 Å². The minimum Gasteiger partial charge on any atom is -0.475 e. The molecule has 0 amide bonds. The highest BCUT2D eigenvalue weighted by atomic mass is 16.4. The van der Waals surface area contributed by atoms with Gasteiger partial charge in [-0.05, 0) is 18.2 Å². The number of hydrogen-bond donors (Lipinski definition) is 1. The van der Waals surface area contributed by atoms with Crippen LogP contribution in [0.2, 0.25) is 0 Å². The molecule has 0 bridgehead atoms. The van der Waals surface area contributed by atoms with Crippen LogP contribution in [0, 0.1) is 0 Å². The SMILES string of the molecule is CN(c1ccccc1)c1ccc(C(=O)O)o1. The molecule has 1 aromatic carbocycles. The third kappa shape index (κ3) is 1.91. The molecule has 0 saturated heterocycles. The average molecular weight is 217 g/mol. The summed E-state index contributed by atoms with van der Waals surface area (Å²) in [6.07, 6.45) is 0. The molecule has 0 aliphatic heterocycles. The first-order valence-electron chi connectivity index (χ1n) is 4.80. The number of anilines is 2. The van der Waals surface area contributed by atoms with Crippen LogP contribution >= 0.6 is 0 Å². The normalized spacial score (nSPS) is 10.1. The van der Waals surface area contributed by atoms with Gasteiger partial charge in [0.2, 0.25) is 11.6 Å². The largest absolute Gasteiger partial charge is 0.475 e. The molecule has 0 aliphatic carbocycles. The van der Waals surface area contributed by atoms with E-state index < -0.39 is 5.97 Å². The van der Waals surface area contributed by atoms with Gasteiger partial charge in [0, 0.05) is 18.8 Å². The Labute approximate surface area is 92.7 Å². The van der Waals surface area contributed by atoms with Crippen molar-refractivity contribution in [3.63, 3.8) is 0 Å². The van der Waals surface area contributed by atoms with Crippen LogP contribution in [-0.2, 0) is 0 Å². The van der Waals surface area contributed by atoms with E-state index >= 15 is 0 Å². The van der Waals surface area contributed by atoms with E-state index in [1.165, 1.54) is 6.07 Å². The third-order valence-corrected chi connectivity index (χ3v) is 2.28. The number of hydrogen-bond acceptors (Lipinski definition) is 3. The molecule has 0 unspecified atom stereocenters. The fourth-order valence-corrected chi connectivity index (χ4v) is 1.40. The van der Waals surface area contributed by atoms with Gasteiger partial charge in [0.05, 0.1) is 0 Å². The Morgan fingerprint density at radius 2 is 1.88 bits per heavy atom. The highest BCUT2D eigenvalue weighted by Crippen LogP contribution is 2.24. The summed E-state index contributed by atoms with van der Waals surface area (Å²) >= 11 is 0. The van der Waals surface area contributed by atoms with Crippen LogP contribution in [0.15, 0.2) is 46.9 Å². The van der Waals surface area contributed by atoms with Crippen LogP contribution < -0.4 is 4.90 Å². The van der Waals surface area contributed by atoms with Gasteiger partial charge in [0.25, 0.3) is 0 Å². The number of carboxylic acid groups (broad SMARTS) is 1. The number of benzene rings is 1. The highest BCUT2D eigenvalue weighted by molar-refractivity contribution is 5.85. The van der Waals surface area contributed by atoms with Crippen LogP contribution in [0.5, 0.6) is 0 Å². The lowest BCUT2D eigenvalue weighted by Gasteiger charge is -2.15. The number of aromatic carboxylic acids is 1. The Bertz CT molecular complexity index is 490. The second kappa shape index (κ2) is 4.10. The zero-order chi connectivity index (χ0) is 11.5.